The van der Waals surface area contributed by atoms with E-state index in [0.29, 0.717) is 0 Å². The summed E-state index contributed by atoms with van der Waals surface area (Å²) in [5, 5.41) is -0.110. The number of hydrogen-bond donors (Lipinski definition) is 1. The van der Waals surface area contributed by atoms with Crippen LogP contribution < -0.4 is 4.72 Å². The summed E-state index contributed by atoms with van der Waals surface area (Å²) in [6.45, 7) is 0. The van der Waals surface area contributed by atoms with Crippen molar-refractivity contribution in [2.45, 2.75) is 4.90 Å². The van der Waals surface area contributed by atoms with Crippen molar-refractivity contribution in [2.24, 2.45) is 0 Å². The molecule has 2 heterocycles. The number of halogens is 2. The molecule has 0 fully saturated rings. The van der Waals surface area contributed by atoms with E-state index in [4.69, 9.17) is 23.2 Å². The molecule has 2 aromatic heterocycles. The summed E-state index contributed by atoms with van der Waals surface area (Å²) in [7, 11) is -3.83. The highest BCUT2D eigenvalue weighted by atomic mass is 35.5. The van der Waals surface area contributed by atoms with Gasteiger partial charge in [-0.1, -0.05) is 0 Å². The van der Waals surface area contributed by atoms with Crippen LogP contribution in [0.3, 0.4) is 0 Å². The van der Waals surface area contributed by atoms with Crippen LogP contribution in [0, 0.1) is 0 Å². The molecule has 0 spiro atoms. The molecular weight excluding hydrogens is 301 g/mol. The number of nitrogens with one attached hydrogen (secondary N) is 1. The second-order valence-corrected chi connectivity index (χ2v) is 5.36. The van der Waals surface area contributed by atoms with Crippen molar-refractivity contribution >= 4 is 39.0 Å². The molecular formula is C8H5Cl2N5O2S. The number of aromatic nitrogens is 4. The van der Waals surface area contributed by atoms with Crippen LogP contribution in [0.2, 0.25) is 10.6 Å². The summed E-state index contributed by atoms with van der Waals surface area (Å²) in [6, 6.07) is 1.36. The van der Waals surface area contributed by atoms with E-state index in [0.717, 1.165) is 12.4 Å². The normalized spacial score (nSPS) is 11.2. The Kier molecular flexibility index (Phi) is 3.60. The molecule has 1 N–H and O–H groups in total. The number of hydrogen-bond acceptors (Lipinski definition) is 6. The Bertz CT molecular complexity index is 661. The van der Waals surface area contributed by atoms with E-state index in [-0.39, 0.29) is 21.3 Å². The molecule has 94 valence electrons. The predicted molar refractivity (Wildman–Crippen MR) is 64.9 cm³/mol. The minimum atomic E-state index is -3.83. The molecule has 0 aliphatic carbocycles. The molecule has 2 aromatic rings. The minimum Gasteiger partial charge on any atom is -0.263 e. The van der Waals surface area contributed by atoms with Crippen LogP contribution in [0.25, 0.3) is 0 Å². The molecule has 0 aliphatic heterocycles. The Morgan fingerprint density at radius 2 is 1.72 bits per heavy atom. The van der Waals surface area contributed by atoms with Crippen molar-refractivity contribution in [1.29, 1.82) is 0 Å². The van der Waals surface area contributed by atoms with Gasteiger partial charge >= 0.3 is 0 Å². The lowest BCUT2D eigenvalue weighted by molar-refractivity contribution is 0.600. The van der Waals surface area contributed by atoms with Gasteiger partial charge in [-0.25, -0.2) is 23.4 Å². The second kappa shape index (κ2) is 5.01. The Labute approximate surface area is 112 Å². The molecule has 10 heteroatoms. The first-order chi connectivity index (χ1) is 8.47. The summed E-state index contributed by atoms with van der Waals surface area (Å²) < 4.78 is 26.0. The van der Waals surface area contributed by atoms with Gasteiger partial charge in [-0.05, 0) is 29.3 Å². The van der Waals surface area contributed by atoms with Crippen LogP contribution in [-0.4, -0.2) is 28.4 Å². The fourth-order valence-electron chi connectivity index (χ4n) is 1.03. The van der Waals surface area contributed by atoms with Gasteiger partial charge in [-0.15, -0.1) is 0 Å². The first-order valence-electron chi connectivity index (χ1n) is 4.46. The summed E-state index contributed by atoms with van der Waals surface area (Å²) in [5.74, 6) is 0.0463. The molecule has 2 rings (SSSR count). The highest BCUT2D eigenvalue weighted by Gasteiger charge is 2.16. The molecule has 0 aliphatic rings. The third kappa shape index (κ3) is 3.03. The van der Waals surface area contributed by atoms with Crippen LogP contribution in [0.15, 0.2) is 29.6 Å². The van der Waals surface area contributed by atoms with E-state index in [2.05, 4.69) is 24.7 Å². The molecule has 0 bridgehead atoms. The van der Waals surface area contributed by atoms with Gasteiger partial charge in [0.25, 0.3) is 10.0 Å². The lowest BCUT2D eigenvalue weighted by Gasteiger charge is -2.06. The Morgan fingerprint density at radius 3 is 2.33 bits per heavy atom. The lowest BCUT2D eigenvalue weighted by atomic mass is 10.6. The van der Waals surface area contributed by atoms with Crippen LogP contribution in [0.5, 0.6) is 0 Å². The zero-order valence-corrected chi connectivity index (χ0v) is 10.9. The van der Waals surface area contributed by atoms with Crippen LogP contribution in [0.4, 0.5) is 5.82 Å². The van der Waals surface area contributed by atoms with Crippen LogP contribution in [-0.2, 0) is 10.0 Å². The summed E-state index contributed by atoms with van der Waals surface area (Å²) in [5.41, 5.74) is 0. The quantitative estimate of drug-likeness (QED) is 0.860. The van der Waals surface area contributed by atoms with Crippen molar-refractivity contribution < 1.29 is 8.42 Å². The monoisotopic (exact) mass is 305 g/mol. The van der Waals surface area contributed by atoms with Gasteiger partial charge in [0.05, 0.1) is 12.4 Å². The summed E-state index contributed by atoms with van der Waals surface area (Å²) in [6.07, 6.45) is 3.49. The van der Waals surface area contributed by atoms with E-state index < -0.39 is 10.0 Å². The van der Waals surface area contributed by atoms with E-state index in [9.17, 15) is 8.42 Å². The maximum Gasteiger partial charge on any atom is 0.266 e. The van der Waals surface area contributed by atoms with E-state index in [1.807, 2.05) is 0 Å². The van der Waals surface area contributed by atoms with E-state index >= 15 is 0 Å². The highest BCUT2D eigenvalue weighted by Crippen LogP contribution is 2.14. The third-order valence-corrected chi connectivity index (χ3v) is 3.46. The molecule has 7 nitrogen and oxygen atoms in total. The number of nitrogens with zero attached hydrogens (tertiary/aromatic N) is 4. The molecule has 0 saturated heterocycles. The Hall–Kier alpha value is -1.51. The van der Waals surface area contributed by atoms with Gasteiger partial charge in [0, 0.05) is 6.20 Å². The molecule has 0 atom stereocenters. The first kappa shape index (κ1) is 12.9. The van der Waals surface area contributed by atoms with Gasteiger partial charge in [-0.3, -0.25) is 4.72 Å². The average Bonchev–Trinajstić information content (AvgIpc) is 2.29. The van der Waals surface area contributed by atoms with Gasteiger partial charge in [0.1, 0.15) is 10.7 Å². The third-order valence-electron chi connectivity index (χ3n) is 1.77. The molecule has 0 unspecified atom stereocenters. The zero-order valence-electron chi connectivity index (χ0n) is 8.58. The summed E-state index contributed by atoms with van der Waals surface area (Å²) >= 11 is 11.0. The smallest absolute Gasteiger partial charge is 0.263 e. The SMILES string of the molecule is O=S(=O)(Nc1ccnc(Cl)n1)c1cnc(Cl)nc1. The zero-order chi connectivity index (χ0) is 13.2. The maximum atomic E-state index is 11.9. The number of rotatable bonds is 3. The average molecular weight is 306 g/mol. The molecule has 0 saturated carbocycles. The molecule has 0 radical (unpaired) electrons. The van der Waals surface area contributed by atoms with E-state index in [1.54, 1.807) is 0 Å². The predicted octanol–water partition coefficient (Wildman–Crippen LogP) is 1.37. The molecule has 0 aromatic carbocycles. The van der Waals surface area contributed by atoms with Gasteiger partial charge < -0.3 is 0 Å². The van der Waals surface area contributed by atoms with Crippen molar-refractivity contribution in [1.82, 2.24) is 19.9 Å². The Balaban J connectivity index is 2.30. The van der Waals surface area contributed by atoms with Gasteiger partial charge in [0.15, 0.2) is 0 Å². The minimum absolute atomic E-state index is 0.0426. The van der Waals surface area contributed by atoms with Crippen LogP contribution >= 0.6 is 23.2 Å². The Morgan fingerprint density at radius 1 is 1.06 bits per heavy atom. The molecule has 18 heavy (non-hydrogen) atoms. The number of anilines is 1. The van der Waals surface area contributed by atoms with Crippen molar-refractivity contribution in [3.8, 4) is 0 Å². The van der Waals surface area contributed by atoms with Crippen molar-refractivity contribution in [2.75, 3.05) is 4.72 Å². The first-order valence-corrected chi connectivity index (χ1v) is 6.70. The topological polar surface area (TPSA) is 97.7 Å². The van der Waals surface area contributed by atoms with E-state index in [1.165, 1.54) is 12.3 Å². The van der Waals surface area contributed by atoms with Crippen LogP contribution in [0.1, 0.15) is 0 Å². The standard InChI is InChI=1S/C8H5Cl2N5O2S/c9-7-12-3-5(4-13-7)18(16,17)15-6-1-2-11-8(10)14-6/h1-4H,(H,11,14,15). The van der Waals surface area contributed by atoms with Gasteiger partial charge in [0.2, 0.25) is 10.6 Å². The fourth-order valence-corrected chi connectivity index (χ4v) is 2.16. The fraction of sp³-hybridized carbons (Fsp3) is 0. The summed E-state index contributed by atoms with van der Waals surface area (Å²) in [4.78, 5) is 14.4. The lowest BCUT2D eigenvalue weighted by Crippen LogP contribution is -2.14. The largest absolute Gasteiger partial charge is 0.266 e. The second-order valence-electron chi connectivity index (χ2n) is 3.00. The van der Waals surface area contributed by atoms with Crippen molar-refractivity contribution in [3.63, 3.8) is 0 Å². The maximum absolute atomic E-state index is 11.9. The molecule has 0 amide bonds. The van der Waals surface area contributed by atoms with Gasteiger partial charge in [-0.2, -0.15) is 4.98 Å². The van der Waals surface area contributed by atoms with Crippen molar-refractivity contribution in [3.05, 3.63) is 35.2 Å². The number of sulfonamides is 1. The highest BCUT2D eigenvalue weighted by molar-refractivity contribution is 7.92.